The Morgan fingerprint density at radius 3 is 3.08 bits per heavy atom. The highest BCUT2D eigenvalue weighted by atomic mass is 32.1. The molecule has 1 N–H and O–H groups in total. The first kappa shape index (κ1) is 20.1. The zero-order chi connectivity index (χ0) is 18.2. The zero-order valence-electron chi connectivity index (χ0n) is 16.3. The number of piperidine rings is 1. The summed E-state index contributed by atoms with van der Waals surface area (Å²) in [5.41, 5.74) is 1.05. The molecule has 25 heavy (non-hydrogen) atoms. The van der Waals surface area contributed by atoms with E-state index in [4.69, 9.17) is 4.74 Å². The Balaban J connectivity index is 1.78. The van der Waals surface area contributed by atoms with Crippen molar-refractivity contribution in [2.24, 2.45) is 10.9 Å². The van der Waals surface area contributed by atoms with Gasteiger partial charge in [0, 0.05) is 46.2 Å². The number of hydrogen-bond acceptors (Lipinski definition) is 5. The summed E-state index contributed by atoms with van der Waals surface area (Å²) in [6.07, 6.45) is 2.74. The van der Waals surface area contributed by atoms with Gasteiger partial charge in [-0.25, -0.2) is 4.98 Å². The van der Waals surface area contributed by atoms with Gasteiger partial charge in [0.2, 0.25) is 0 Å². The maximum Gasteiger partial charge on any atom is 0.193 e. The highest BCUT2D eigenvalue weighted by Gasteiger charge is 2.16. The first-order valence-corrected chi connectivity index (χ1v) is 10.0. The standard InChI is InChI=1S/C18H33N5OS/c1-14-7-6-9-23(11-14)10-8-20-18(19-3)22(4)12-16-13-25-17(21-16)15(2)24-5/h13-15H,6-12H2,1-5H3,(H,19,20). The van der Waals surface area contributed by atoms with Crippen LogP contribution in [0.3, 0.4) is 0 Å². The molecule has 0 radical (unpaired) electrons. The molecule has 2 rings (SSSR count). The summed E-state index contributed by atoms with van der Waals surface area (Å²) >= 11 is 1.65. The van der Waals surface area contributed by atoms with Crippen LogP contribution in [-0.2, 0) is 11.3 Å². The number of nitrogens with zero attached hydrogens (tertiary/aromatic N) is 4. The second-order valence-corrected chi connectivity index (χ2v) is 7.82. The fourth-order valence-electron chi connectivity index (χ4n) is 3.20. The van der Waals surface area contributed by atoms with Gasteiger partial charge < -0.3 is 19.9 Å². The summed E-state index contributed by atoms with van der Waals surface area (Å²) < 4.78 is 5.33. The van der Waals surface area contributed by atoms with Gasteiger partial charge in [0.05, 0.1) is 12.2 Å². The lowest BCUT2D eigenvalue weighted by molar-refractivity contribution is 0.119. The largest absolute Gasteiger partial charge is 0.375 e. The van der Waals surface area contributed by atoms with Crippen molar-refractivity contribution in [2.45, 2.75) is 39.3 Å². The zero-order valence-corrected chi connectivity index (χ0v) is 17.1. The molecule has 2 atom stereocenters. The smallest absolute Gasteiger partial charge is 0.193 e. The number of nitrogens with one attached hydrogen (secondary N) is 1. The van der Waals surface area contributed by atoms with Gasteiger partial charge >= 0.3 is 0 Å². The molecule has 2 heterocycles. The van der Waals surface area contributed by atoms with Gasteiger partial charge in [-0.05, 0) is 32.2 Å². The molecular formula is C18H33N5OS. The van der Waals surface area contributed by atoms with Crippen LogP contribution in [0.5, 0.6) is 0 Å². The summed E-state index contributed by atoms with van der Waals surface area (Å²) in [5, 5.41) is 6.60. The van der Waals surface area contributed by atoms with Crippen molar-refractivity contribution in [1.82, 2.24) is 20.1 Å². The molecule has 142 valence electrons. The Hall–Kier alpha value is -1.18. The molecule has 1 aromatic heterocycles. The van der Waals surface area contributed by atoms with E-state index < -0.39 is 0 Å². The van der Waals surface area contributed by atoms with Crippen molar-refractivity contribution in [2.75, 3.05) is 47.4 Å². The minimum absolute atomic E-state index is 0.0495. The van der Waals surface area contributed by atoms with Crippen LogP contribution < -0.4 is 5.32 Å². The number of thiazole rings is 1. The van der Waals surface area contributed by atoms with Crippen molar-refractivity contribution in [1.29, 1.82) is 0 Å². The number of hydrogen-bond donors (Lipinski definition) is 1. The quantitative estimate of drug-likeness (QED) is 0.593. The lowest BCUT2D eigenvalue weighted by Crippen LogP contribution is -2.44. The van der Waals surface area contributed by atoms with Crippen LogP contribution in [0.2, 0.25) is 0 Å². The van der Waals surface area contributed by atoms with Crippen molar-refractivity contribution >= 4 is 17.3 Å². The molecule has 1 saturated heterocycles. The third-order valence-electron chi connectivity index (χ3n) is 4.70. The summed E-state index contributed by atoms with van der Waals surface area (Å²) in [7, 11) is 5.60. The summed E-state index contributed by atoms with van der Waals surface area (Å²) in [5.74, 6) is 1.74. The van der Waals surface area contributed by atoms with Crippen molar-refractivity contribution in [3.05, 3.63) is 16.1 Å². The molecule has 1 aliphatic rings. The molecule has 0 bridgehead atoms. The van der Waals surface area contributed by atoms with Gasteiger partial charge in [-0.2, -0.15) is 0 Å². The second kappa shape index (κ2) is 10.1. The normalized spacial score (nSPS) is 20.5. The SMILES string of the molecule is CN=C(NCCN1CCCC(C)C1)N(C)Cc1csc(C(C)OC)n1. The number of aliphatic imine (C=N–C) groups is 1. The van der Waals surface area contributed by atoms with E-state index in [-0.39, 0.29) is 6.10 Å². The molecule has 0 amide bonds. The predicted molar refractivity (Wildman–Crippen MR) is 105 cm³/mol. The minimum Gasteiger partial charge on any atom is -0.375 e. The molecule has 0 aromatic carbocycles. The monoisotopic (exact) mass is 367 g/mol. The fraction of sp³-hybridized carbons (Fsp3) is 0.778. The van der Waals surface area contributed by atoms with Crippen LogP contribution in [0.25, 0.3) is 0 Å². The number of methoxy groups -OCH3 is 1. The summed E-state index contributed by atoms with van der Waals surface area (Å²) in [6, 6.07) is 0. The van der Waals surface area contributed by atoms with Crippen LogP contribution in [0.4, 0.5) is 0 Å². The lowest BCUT2D eigenvalue weighted by Gasteiger charge is -2.31. The molecule has 7 heteroatoms. The van der Waals surface area contributed by atoms with E-state index in [0.29, 0.717) is 0 Å². The molecule has 0 aliphatic carbocycles. The first-order valence-electron chi connectivity index (χ1n) is 9.14. The minimum atomic E-state index is 0.0495. The lowest BCUT2D eigenvalue weighted by atomic mass is 10.0. The molecule has 1 aromatic rings. The van der Waals surface area contributed by atoms with Crippen LogP contribution in [0.15, 0.2) is 10.4 Å². The van der Waals surface area contributed by atoms with E-state index in [1.165, 1.54) is 25.9 Å². The Bertz CT molecular complexity index is 547. The van der Waals surface area contributed by atoms with E-state index in [1.54, 1.807) is 18.4 Å². The second-order valence-electron chi connectivity index (χ2n) is 6.93. The number of guanidine groups is 1. The van der Waals surface area contributed by atoms with Gasteiger partial charge in [-0.1, -0.05) is 6.92 Å². The number of rotatable bonds is 7. The van der Waals surface area contributed by atoms with Crippen molar-refractivity contribution < 1.29 is 4.74 Å². The Morgan fingerprint density at radius 1 is 1.60 bits per heavy atom. The van der Waals surface area contributed by atoms with Crippen LogP contribution in [-0.4, -0.2) is 68.1 Å². The number of aromatic nitrogens is 1. The van der Waals surface area contributed by atoms with Gasteiger partial charge in [-0.3, -0.25) is 4.99 Å². The maximum atomic E-state index is 5.33. The van der Waals surface area contributed by atoms with E-state index in [0.717, 1.165) is 42.2 Å². The predicted octanol–water partition coefficient (Wildman–Crippen LogP) is 2.59. The average Bonchev–Trinajstić information content (AvgIpc) is 3.06. The highest BCUT2D eigenvalue weighted by Crippen LogP contribution is 2.21. The first-order chi connectivity index (χ1) is 12.0. The molecule has 0 saturated carbocycles. The van der Waals surface area contributed by atoms with Crippen LogP contribution in [0.1, 0.15) is 43.5 Å². The van der Waals surface area contributed by atoms with Crippen molar-refractivity contribution in [3.63, 3.8) is 0 Å². The summed E-state index contributed by atoms with van der Waals surface area (Å²) in [4.78, 5) is 13.7. The number of ether oxygens (including phenoxy) is 1. The Labute approximate surface area is 156 Å². The van der Waals surface area contributed by atoms with Crippen molar-refractivity contribution in [3.8, 4) is 0 Å². The topological polar surface area (TPSA) is 53.0 Å². The van der Waals surface area contributed by atoms with E-state index in [1.807, 2.05) is 14.0 Å². The Morgan fingerprint density at radius 2 is 2.40 bits per heavy atom. The summed E-state index contributed by atoms with van der Waals surface area (Å²) in [6.45, 7) is 9.55. The van der Waals surface area contributed by atoms with Crippen LogP contribution >= 0.6 is 11.3 Å². The maximum absolute atomic E-state index is 5.33. The van der Waals surface area contributed by atoms with Gasteiger partial charge in [0.25, 0.3) is 0 Å². The number of likely N-dealkylation sites (tertiary alicyclic amines) is 1. The van der Waals surface area contributed by atoms with Gasteiger partial charge in [-0.15, -0.1) is 11.3 Å². The fourth-order valence-corrected chi connectivity index (χ4v) is 4.04. The van der Waals surface area contributed by atoms with E-state index in [9.17, 15) is 0 Å². The molecule has 1 fully saturated rings. The van der Waals surface area contributed by atoms with Gasteiger partial charge in [0.15, 0.2) is 5.96 Å². The van der Waals surface area contributed by atoms with E-state index in [2.05, 4.69) is 44.4 Å². The molecule has 6 nitrogen and oxygen atoms in total. The average molecular weight is 368 g/mol. The molecule has 1 aliphatic heterocycles. The molecule has 2 unspecified atom stereocenters. The highest BCUT2D eigenvalue weighted by molar-refractivity contribution is 7.09. The van der Waals surface area contributed by atoms with Crippen LogP contribution in [0, 0.1) is 5.92 Å². The third kappa shape index (κ3) is 6.24. The van der Waals surface area contributed by atoms with E-state index >= 15 is 0 Å². The Kier molecular flexibility index (Phi) is 8.12. The van der Waals surface area contributed by atoms with Gasteiger partial charge in [0.1, 0.15) is 11.1 Å². The third-order valence-corrected chi connectivity index (χ3v) is 5.75. The molecular weight excluding hydrogens is 334 g/mol. The molecule has 0 spiro atoms.